The van der Waals surface area contributed by atoms with Gasteiger partial charge in [-0.2, -0.15) is 0 Å². The molecule has 1 saturated heterocycles. The zero-order valence-corrected chi connectivity index (χ0v) is 13.0. The van der Waals surface area contributed by atoms with E-state index < -0.39 is 0 Å². The number of aliphatic hydroxyl groups is 1. The number of pyridine rings is 1. The number of aliphatic hydroxyl groups excluding tert-OH is 1. The molecule has 1 aromatic rings. The Balaban J connectivity index is 1.65. The average molecular weight is 306 g/mol. The summed E-state index contributed by atoms with van der Waals surface area (Å²) >= 11 is 0. The third-order valence-electron chi connectivity index (χ3n) is 4.10. The third-order valence-corrected chi connectivity index (χ3v) is 4.10. The Labute approximate surface area is 132 Å². The summed E-state index contributed by atoms with van der Waals surface area (Å²) in [7, 11) is 0. The molecule has 5 nitrogen and oxygen atoms in total. The maximum atomic E-state index is 11.9. The quantitative estimate of drug-likeness (QED) is 0.764. The highest BCUT2D eigenvalue weighted by Crippen LogP contribution is 2.18. The van der Waals surface area contributed by atoms with Crippen molar-refractivity contribution < 1.29 is 14.6 Å². The normalized spacial score (nSPS) is 19.6. The fraction of sp³-hybridized carbons (Fsp3) is 0.647. The van der Waals surface area contributed by atoms with Gasteiger partial charge in [0.1, 0.15) is 0 Å². The van der Waals surface area contributed by atoms with E-state index in [0.717, 1.165) is 38.2 Å². The maximum Gasteiger partial charge on any atom is 0.220 e. The van der Waals surface area contributed by atoms with Crippen molar-refractivity contribution in [2.75, 3.05) is 26.4 Å². The Kier molecular flexibility index (Phi) is 7.33. The lowest BCUT2D eigenvalue weighted by Crippen LogP contribution is -2.32. The van der Waals surface area contributed by atoms with Crippen LogP contribution in [0.3, 0.4) is 0 Å². The lowest BCUT2D eigenvalue weighted by atomic mass is 9.96. The van der Waals surface area contributed by atoms with E-state index >= 15 is 0 Å². The summed E-state index contributed by atoms with van der Waals surface area (Å²) in [5, 5.41) is 12.4. The molecule has 0 aromatic carbocycles. The summed E-state index contributed by atoms with van der Waals surface area (Å²) in [6.07, 6.45) is 6.10. The number of rotatable bonds is 8. The van der Waals surface area contributed by atoms with Gasteiger partial charge in [0.05, 0.1) is 0 Å². The van der Waals surface area contributed by atoms with Crippen molar-refractivity contribution in [3.05, 3.63) is 30.1 Å². The van der Waals surface area contributed by atoms with Crippen LogP contribution in [0.15, 0.2) is 24.4 Å². The van der Waals surface area contributed by atoms with Crippen molar-refractivity contribution in [3.63, 3.8) is 0 Å². The monoisotopic (exact) mass is 306 g/mol. The molecule has 122 valence electrons. The second kappa shape index (κ2) is 9.54. The van der Waals surface area contributed by atoms with E-state index in [4.69, 9.17) is 4.74 Å². The van der Waals surface area contributed by atoms with E-state index in [0.29, 0.717) is 25.3 Å². The van der Waals surface area contributed by atoms with Gasteiger partial charge in [0, 0.05) is 50.6 Å². The van der Waals surface area contributed by atoms with Crippen LogP contribution in [0.2, 0.25) is 0 Å². The maximum absolute atomic E-state index is 11.9. The summed E-state index contributed by atoms with van der Waals surface area (Å²) in [4.78, 5) is 16.2. The molecule has 0 radical (unpaired) electrons. The van der Waals surface area contributed by atoms with Crippen LogP contribution in [-0.4, -0.2) is 42.4 Å². The van der Waals surface area contributed by atoms with Crippen LogP contribution < -0.4 is 5.32 Å². The Hall–Kier alpha value is -1.46. The molecule has 2 unspecified atom stereocenters. The van der Waals surface area contributed by atoms with Crippen molar-refractivity contribution in [2.45, 2.75) is 32.1 Å². The van der Waals surface area contributed by atoms with Gasteiger partial charge < -0.3 is 15.2 Å². The van der Waals surface area contributed by atoms with Crippen LogP contribution in [0.25, 0.3) is 0 Å². The summed E-state index contributed by atoms with van der Waals surface area (Å²) < 4.78 is 5.42. The standard InChI is InChI=1S/C17H26N2O3/c20-12-15(10-16-5-1-2-8-18-16)11-19-17(21)7-6-14-4-3-9-22-13-14/h1-2,5,8,14-15,20H,3-4,6-7,9-13H2,(H,19,21). The van der Waals surface area contributed by atoms with Gasteiger partial charge in [-0.3, -0.25) is 9.78 Å². The molecule has 2 rings (SSSR count). The molecular weight excluding hydrogens is 280 g/mol. The fourth-order valence-electron chi connectivity index (χ4n) is 2.73. The van der Waals surface area contributed by atoms with Gasteiger partial charge in [-0.15, -0.1) is 0 Å². The van der Waals surface area contributed by atoms with Crippen LogP contribution >= 0.6 is 0 Å². The number of nitrogens with zero attached hydrogens (tertiary/aromatic N) is 1. The smallest absolute Gasteiger partial charge is 0.220 e. The van der Waals surface area contributed by atoms with E-state index in [2.05, 4.69) is 10.3 Å². The van der Waals surface area contributed by atoms with Gasteiger partial charge in [0.2, 0.25) is 5.91 Å². The topological polar surface area (TPSA) is 71.5 Å². The predicted molar refractivity (Wildman–Crippen MR) is 84.3 cm³/mol. The van der Waals surface area contributed by atoms with Gasteiger partial charge in [0.15, 0.2) is 0 Å². The van der Waals surface area contributed by atoms with Crippen molar-refractivity contribution >= 4 is 5.91 Å². The molecule has 22 heavy (non-hydrogen) atoms. The molecule has 2 atom stereocenters. The SMILES string of the molecule is O=C(CCC1CCCOC1)NCC(CO)Cc1ccccn1. The molecule has 5 heteroatoms. The van der Waals surface area contributed by atoms with Crippen molar-refractivity contribution in [1.29, 1.82) is 0 Å². The second-order valence-corrected chi connectivity index (χ2v) is 6.00. The lowest BCUT2D eigenvalue weighted by Gasteiger charge is -2.21. The molecule has 0 spiro atoms. The van der Waals surface area contributed by atoms with Crippen LogP contribution in [0.5, 0.6) is 0 Å². The highest BCUT2D eigenvalue weighted by molar-refractivity contribution is 5.75. The van der Waals surface area contributed by atoms with E-state index in [1.807, 2.05) is 18.2 Å². The number of hydrogen-bond acceptors (Lipinski definition) is 4. The highest BCUT2D eigenvalue weighted by Gasteiger charge is 2.16. The Bertz CT molecular complexity index is 433. The van der Waals surface area contributed by atoms with Crippen LogP contribution in [0, 0.1) is 11.8 Å². The zero-order chi connectivity index (χ0) is 15.6. The molecule has 0 aliphatic carbocycles. The molecule has 2 heterocycles. The average Bonchev–Trinajstić information content (AvgIpc) is 2.58. The van der Waals surface area contributed by atoms with Gasteiger partial charge in [-0.25, -0.2) is 0 Å². The Morgan fingerprint density at radius 3 is 3.09 bits per heavy atom. The van der Waals surface area contributed by atoms with Crippen LogP contribution in [-0.2, 0) is 16.0 Å². The minimum atomic E-state index is 0.0110. The lowest BCUT2D eigenvalue weighted by molar-refractivity contribution is -0.121. The molecule has 1 aliphatic rings. The van der Waals surface area contributed by atoms with E-state index in [-0.39, 0.29) is 18.4 Å². The summed E-state index contributed by atoms with van der Waals surface area (Å²) in [5.74, 6) is 0.587. The third kappa shape index (κ3) is 6.12. The number of hydrogen-bond donors (Lipinski definition) is 2. The van der Waals surface area contributed by atoms with Crippen LogP contribution in [0.4, 0.5) is 0 Å². The fourth-order valence-corrected chi connectivity index (χ4v) is 2.73. The van der Waals surface area contributed by atoms with E-state index in [1.165, 1.54) is 0 Å². The molecule has 1 fully saturated rings. The first-order chi connectivity index (χ1) is 10.8. The summed E-state index contributed by atoms with van der Waals surface area (Å²) in [6, 6.07) is 5.74. The first kappa shape index (κ1) is 16.9. The number of aromatic nitrogens is 1. The molecule has 0 saturated carbocycles. The van der Waals surface area contributed by atoms with Crippen molar-refractivity contribution in [1.82, 2.24) is 10.3 Å². The summed E-state index contributed by atoms with van der Waals surface area (Å²) in [5.41, 5.74) is 0.940. The van der Waals surface area contributed by atoms with E-state index in [1.54, 1.807) is 6.20 Å². The molecule has 1 aliphatic heterocycles. The number of carbonyl (C=O) groups excluding carboxylic acids is 1. The Morgan fingerprint density at radius 2 is 2.41 bits per heavy atom. The largest absolute Gasteiger partial charge is 0.396 e. The van der Waals surface area contributed by atoms with E-state index in [9.17, 15) is 9.90 Å². The van der Waals surface area contributed by atoms with Crippen LogP contribution in [0.1, 0.15) is 31.4 Å². The highest BCUT2D eigenvalue weighted by atomic mass is 16.5. The molecule has 1 aromatic heterocycles. The summed E-state index contributed by atoms with van der Waals surface area (Å²) in [6.45, 7) is 2.18. The minimum absolute atomic E-state index is 0.0110. The first-order valence-corrected chi connectivity index (χ1v) is 8.13. The van der Waals surface area contributed by atoms with Gasteiger partial charge in [-0.05, 0) is 43.7 Å². The van der Waals surface area contributed by atoms with Crippen molar-refractivity contribution in [3.8, 4) is 0 Å². The van der Waals surface area contributed by atoms with Gasteiger partial charge in [0.25, 0.3) is 0 Å². The molecule has 1 amide bonds. The molecular formula is C17H26N2O3. The van der Waals surface area contributed by atoms with Crippen molar-refractivity contribution in [2.24, 2.45) is 11.8 Å². The number of ether oxygens (including phenoxy) is 1. The first-order valence-electron chi connectivity index (χ1n) is 8.13. The second-order valence-electron chi connectivity index (χ2n) is 6.00. The Morgan fingerprint density at radius 1 is 1.50 bits per heavy atom. The predicted octanol–water partition coefficient (Wildman–Crippen LogP) is 1.56. The number of amides is 1. The number of carbonyl (C=O) groups is 1. The van der Waals surface area contributed by atoms with Gasteiger partial charge >= 0.3 is 0 Å². The minimum Gasteiger partial charge on any atom is -0.396 e. The number of nitrogens with one attached hydrogen (secondary N) is 1. The molecule has 2 N–H and O–H groups in total. The molecule has 0 bridgehead atoms. The van der Waals surface area contributed by atoms with Gasteiger partial charge in [-0.1, -0.05) is 6.07 Å². The zero-order valence-electron chi connectivity index (χ0n) is 13.0.